The monoisotopic (exact) mass is 249 g/mol. The minimum atomic E-state index is -0.226. The molecule has 18 heavy (non-hydrogen) atoms. The van der Waals surface area contributed by atoms with Gasteiger partial charge in [0, 0.05) is 18.0 Å². The van der Waals surface area contributed by atoms with E-state index in [0.717, 1.165) is 19.4 Å². The molecule has 1 aliphatic carbocycles. The number of carbonyl (C=O) groups is 1. The number of methoxy groups -OCH3 is 2. The van der Waals surface area contributed by atoms with Crippen molar-refractivity contribution in [2.24, 2.45) is 5.41 Å². The summed E-state index contributed by atoms with van der Waals surface area (Å²) in [6, 6.07) is 5.34. The number of Topliss-reactive ketones (excluding diaryl/α,β-unsaturated/α-hetero) is 1. The molecule has 1 aliphatic rings. The molecule has 0 unspecified atom stereocenters. The number of hydrogen-bond acceptors (Lipinski definition) is 4. The van der Waals surface area contributed by atoms with E-state index in [-0.39, 0.29) is 11.2 Å². The second-order valence-corrected chi connectivity index (χ2v) is 4.71. The Kier molecular flexibility index (Phi) is 3.57. The molecule has 98 valence electrons. The van der Waals surface area contributed by atoms with Crippen molar-refractivity contribution in [2.75, 3.05) is 27.8 Å². The quantitative estimate of drug-likeness (QED) is 0.782. The second-order valence-electron chi connectivity index (χ2n) is 4.71. The van der Waals surface area contributed by atoms with E-state index in [1.54, 1.807) is 32.4 Å². The molecule has 0 radical (unpaired) electrons. The molecule has 0 amide bonds. The molecule has 2 rings (SSSR count). The molecular formula is C14H19NO3. The molecule has 0 bridgehead atoms. The average molecular weight is 249 g/mol. The predicted octanol–water partition coefficient (Wildman–Crippen LogP) is 1.89. The summed E-state index contributed by atoms with van der Waals surface area (Å²) in [5, 5.41) is 3.09. The van der Waals surface area contributed by atoms with Crippen LogP contribution >= 0.6 is 0 Å². The summed E-state index contributed by atoms with van der Waals surface area (Å²) < 4.78 is 10.4. The predicted molar refractivity (Wildman–Crippen MR) is 69.5 cm³/mol. The maximum absolute atomic E-state index is 12.5. The Morgan fingerprint density at radius 2 is 2.06 bits per heavy atom. The van der Waals surface area contributed by atoms with Crippen LogP contribution in [0.1, 0.15) is 23.2 Å². The minimum Gasteiger partial charge on any atom is -0.497 e. The van der Waals surface area contributed by atoms with Gasteiger partial charge in [-0.15, -0.1) is 0 Å². The third-order valence-electron chi connectivity index (χ3n) is 3.50. The smallest absolute Gasteiger partial charge is 0.174 e. The standard InChI is InChI=1S/C14H19NO3/c1-15-9-14(6-7-14)13(16)11-5-4-10(17-2)8-12(11)18-3/h4-5,8,15H,6-7,9H2,1-3H3. The highest BCUT2D eigenvalue weighted by Crippen LogP contribution is 2.48. The lowest BCUT2D eigenvalue weighted by atomic mass is 9.94. The number of hydrogen-bond donors (Lipinski definition) is 1. The topological polar surface area (TPSA) is 47.6 Å². The van der Waals surface area contributed by atoms with Crippen molar-refractivity contribution in [3.63, 3.8) is 0 Å². The lowest BCUT2D eigenvalue weighted by molar-refractivity contribution is 0.0897. The van der Waals surface area contributed by atoms with Crippen LogP contribution in [0.25, 0.3) is 0 Å². The van der Waals surface area contributed by atoms with Gasteiger partial charge in [-0.3, -0.25) is 4.79 Å². The minimum absolute atomic E-state index is 0.163. The van der Waals surface area contributed by atoms with Crippen molar-refractivity contribution in [3.8, 4) is 11.5 Å². The van der Waals surface area contributed by atoms with Gasteiger partial charge in [-0.1, -0.05) is 0 Å². The first-order valence-electron chi connectivity index (χ1n) is 6.08. The van der Waals surface area contributed by atoms with Crippen molar-refractivity contribution in [2.45, 2.75) is 12.8 Å². The number of ether oxygens (including phenoxy) is 2. The molecule has 0 saturated heterocycles. The molecule has 0 aromatic heterocycles. The van der Waals surface area contributed by atoms with Crippen LogP contribution in [0.4, 0.5) is 0 Å². The first-order valence-corrected chi connectivity index (χ1v) is 6.08. The Balaban J connectivity index is 2.30. The molecule has 0 heterocycles. The fraction of sp³-hybridized carbons (Fsp3) is 0.500. The fourth-order valence-corrected chi connectivity index (χ4v) is 2.25. The third kappa shape index (κ3) is 2.20. The first kappa shape index (κ1) is 12.9. The molecule has 4 nitrogen and oxygen atoms in total. The van der Waals surface area contributed by atoms with E-state index in [1.165, 1.54) is 0 Å². The molecule has 1 aromatic carbocycles. The zero-order valence-electron chi connectivity index (χ0n) is 11.1. The van der Waals surface area contributed by atoms with E-state index in [0.29, 0.717) is 17.1 Å². The van der Waals surface area contributed by atoms with E-state index in [4.69, 9.17) is 9.47 Å². The molecular weight excluding hydrogens is 230 g/mol. The molecule has 0 spiro atoms. The molecule has 1 fully saturated rings. The summed E-state index contributed by atoms with van der Waals surface area (Å²) in [7, 11) is 5.04. The number of nitrogens with one attached hydrogen (secondary N) is 1. The summed E-state index contributed by atoms with van der Waals surface area (Å²) in [5.41, 5.74) is 0.419. The van der Waals surface area contributed by atoms with Crippen molar-refractivity contribution < 1.29 is 14.3 Å². The lowest BCUT2D eigenvalue weighted by Gasteiger charge is -2.16. The van der Waals surface area contributed by atoms with Gasteiger partial charge in [-0.05, 0) is 32.0 Å². The van der Waals surface area contributed by atoms with E-state index >= 15 is 0 Å². The number of ketones is 1. The summed E-state index contributed by atoms with van der Waals surface area (Å²) >= 11 is 0. The zero-order chi connectivity index (χ0) is 13.2. The summed E-state index contributed by atoms with van der Waals surface area (Å²) in [6.07, 6.45) is 1.89. The first-order chi connectivity index (χ1) is 8.66. The third-order valence-corrected chi connectivity index (χ3v) is 3.50. The largest absolute Gasteiger partial charge is 0.497 e. The molecule has 0 aliphatic heterocycles. The van der Waals surface area contributed by atoms with Crippen LogP contribution in [-0.2, 0) is 0 Å². The van der Waals surface area contributed by atoms with Crippen LogP contribution in [0.15, 0.2) is 18.2 Å². The van der Waals surface area contributed by atoms with E-state index in [2.05, 4.69) is 5.32 Å². The van der Waals surface area contributed by atoms with Gasteiger partial charge in [0.15, 0.2) is 5.78 Å². The van der Waals surface area contributed by atoms with Crippen LogP contribution < -0.4 is 14.8 Å². The van der Waals surface area contributed by atoms with Crippen LogP contribution in [0.3, 0.4) is 0 Å². The van der Waals surface area contributed by atoms with Crippen LogP contribution in [-0.4, -0.2) is 33.6 Å². The number of carbonyl (C=O) groups excluding carboxylic acids is 1. The molecule has 1 aromatic rings. The average Bonchev–Trinajstić information content (AvgIpc) is 3.18. The van der Waals surface area contributed by atoms with Crippen molar-refractivity contribution >= 4 is 5.78 Å². The fourth-order valence-electron chi connectivity index (χ4n) is 2.25. The maximum Gasteiger partial charge on any atom is 0.174 e. The molecule has 4 heteroatoms. The zero-order valence-corrected chi connectivity index (χ0v) is 11.1. The molecule has 1 saturated carbocycles. The van der Waals surface area contributed by atoms with Gasteiger partial charge in [-0.25, -0.2) is 0 Å². The van der Waals surface area contributed by atoms with E-state index in [9.17, 15) is 4.79 Å². The van der Waals surface area contributed by atoms with Gasteiger partial charge in [-0.2, -0.15) is 0 Å². The maximum atomic E-state index is 12.5. The van der Waals surface area contributed by atoms with Crippen molar-refractivity contribution in [1.29, 1.82) is 0 Å². The Morgan fingerprint density at radius 3 is 2.56 bits per heavy atom. The van der Waals surface area contributed by atoms with E-state index in [1.807, 2.05) is 7.05 Å². The SMILES string of the molecule is CNCC1(C(=O)c2ccc(OC)cc2OC)CC1. The van der Waals surface area contributed by atoms with Crippen LogP contribution in [0, 0.1) is 5.41 Å². The molecule has 1 N–H and O–H groups in total. The van der Waals surface area contributed by atoms with E-state index < -0.39 is 0 Å². The van der Waals surface area contributed by atoms with Gasteiger partial charge in [0.05, 0.1) is 19.8 Å². The van der Waals surface area contributed by atoms with Crippen LogP contribution in [0.2, 0.25) is 0 Å². The second kappa shape index (κ2) is 4.98. The molecule has 0 atom stereocenters. The number of rotatable bonds is 6. The van der Waals surface area contributed by atoms with Gasteiger partial charge < -0.3 is 14.8 Å². The van der Waals surface area contributed by atoms with Gasteiger partial charge in [0.25, 0.3) is 0 Å². The Labute approximate surface area is 107 Å². The number of benzene rings is 1. The Hall–Kier alpha value is -1.55. The Bertz CT molecular complexity index is 452. The van der Waals surface area contributed by atoms with Gasteiger partial charge >= 0.3 is 0 Å². The summed E-state index contributed by atoms with van der Waals surface area (Å²) in [5.74, 6) is 1.44. The van der Waals surface area contributed by atoms with Gasteiger partial charge in [0.1, 0.15) is 11.5 Å². The highest BCUT2D eigenvalue weighted by Gasteiger charge is 2.49. The Morgan fingerprint density at radius 1 is 1.33 bits per heavy atom. The normalized spacial score (nSPS) is 16.2. The van der Waals surface area contributed by atoms with Crippen molar-refractivity contribution in [1.82, 2.24) is 5.32 Å². The summed E-state index contributed by atoms with van der Waals surface area (Å²) in [4.78, 5) is 12.5. The lowest BCUT2D eigenvalue weighted by Crippen LogP contribution is -2.28. The van der Waals surface area contributed by atoms with Crippen molar-refractivity contribution in [3.05, 3.63) is 23.8 Å². The highest BCUT2D eigenvalue weighted by molar-refractivity contribution is 6.04. The highest BCUT2D eigenvalue weighted by atomic mass is 16.5. The van der Waals surface area contributed by atoms with Crippen LogP contribution in [0.5, 0.6) is 11.5 Å². The summed E-state index contributed by atoms with van der Waals surface area (Å²) in [6.45, 7) is 0.723. The van der Waals surface area contributed by atoms with Gasteiger partial charge in [0.2, 0.25) is 0 Å².